The van der Waals surface area contributed by atoms with Crippen molar-refractivity contribution in [1.82, 2.24) is 19.4 Å². The van der Waals surface area contributed by atoms with Crippen molar-refractivity contribution in [1.29, 1.82) is 0 Å². The molecule has 3 rings (SSSR count). The second-order valence-electron chi connectivity index (χ2n) is 7.27. The van der Waals surface area contributed by atoms with Crippen molar-refractivity contribution in [3.05, 3.63) is 47.8 Å². The molecule has 0 aromatic carbocycles. The first-order chi connectivity index (χ1) is 12.2. The molecule has 2 heterocycles. The van der Waals surface area contributed by atoms with Crippen LogP contribution in [0.15, 0.2) is 30.7 Å². The summed E-state index contributed by atoms with van der Waals surface area (Å²) in [4.78, 5) is 11.9. The second-order valence-corrected chi connectivity index (χ2v) is 7.27. The number of nitrogens with two attached hydrogens (primary N) is 1. The molecule has 2 aromatic heterocycles. The summed E-state index contributed by atoms with van der Waals surface area (Å²) in [5.74, 6) is 1.14. The fraction of sp³-hybridized carbons (Fsp3) is 0.600. The molecule has 2 aromatic rings. The number of imidazole rings is 1. The number of nitrogens with zero attached hydrogens (tertiary/aromatic N) is 4. The Morgan fingerprint density at radius 2 is 2.16 bits per heavy atom. The van der Waals surface area contributed by atoms with Gasteiger partial charge in [0.2, 0.25) is 0 Å². The molecular weight excluding hydrogens is 310 g/mol. The highest BCUT2D eigenvalue weighted by Crippen LogP contribution is 2.33. The van der Waals surface area contributed by atoms with Crippen molar-refractivity contribution in [2.75, 3.05) is 13.1 Å². The molecule has 0 spiro atoms. The van der Waals surface area contributed by atoms with E-state index >= 15 is 0 Å². The number of fused-ring (bicyclic) bond motifs is 1. The standard InChI is InChI=1S/C20H31N5/c1-16(2)25-14-12-22-19(25)15-24(13-4-3-10-21)18-9-5-7-17-8-6-11-23-20(17)18/h6,8,11-12,14,16,18H,3-5,7,9-10,13,15,21H2,1-2H3/t18-/m1/s1. The molecule has 0 aliphatic heterocycles. The highest BCUT2D eigenvalue weighted by Gasteiger charge is 2.27. The monoisotopic (exact) mass is 341 g/mol. The lowest BCUT2D eigenvalue weighted by Crippen LogP contribution is -2.34. The van der Waals surface area contributed by atoms with E-state index in [1.807, 2.05) is 12.4 Å². The third kappa shape index (κ3) is 4.28. The smallest absolute Gasteiger partial charge is 0.123 e. The van der Waals surface area contributed by atoms with Crippen LogP contribution in [-0.2, 0) is 13.0 Å². The van der Waals surface area contributed by atoms with Crippen molar-refractivity contribution in [2.45, 2.75) is 64.6 Å². The van der Waals surface area contributed by atoms with Crippen LogP contribution in [0.5, 0.6) is 0 Å². The summed E-state index contributed by atoms with van der Waals surface area (Å²) in [6, 6.07) is 5.12. The summed E-state index contributed by atoms with van der Waals surface area (Å²) < 4.78 is 2.28. The van der Waals surface area contributed by atoms with Crippen LogP contribution in [0.2, 0.25) is 0 Å². The van der Waals surface area contributed by atoms with Crippen LogP contribution in [-0.4, -0.2) is 32.5 Å². The van der Waals surface area contributed by atoms with Crippen molar-refractivity contribution in [2.24, 2.45) is 5.73 Å². The quantitative estimate of drug-likeness (QED) is 0.747. The molecule has 5 heteroatoms. The Bertz CT molecular complexity index is 664. The Morgan fingerprint density at radius 3 is 2.96 bits per heavy atom. The number of hydrogen-bond donors (Lipinski definition) is 1. The van der Waals surface area contributed by atoms with E-state index in [4.69, 9.17) is 10.7 Å². The number of aromatic nitrogens is 3. The Hall–Kier alpha value is -1.72. The van der Waals surface area contributed by atoms with Crippen LogP contribution in [0.1, 0.15) is 68.7 Å². The normalized spacial score (nSPS) is 17.2. The zero-order chi connectivity index (χ0) is 17.6. The van der Waals surface area contributed by atoms with Gasteiger partial charge in [-0.15, -0.1) is 0 Å². The Labute approximate surface area is 151 Å². The molecule has 0 bridgehead atoms. The van der Waals surface area contributed by atoms with E-state index < -0.39 is 0 Å². The molecule has 2 N–H and O–H groups in total. The maximum atomic E-state index is 5.72. The van der Waals surface area contributed by atoms with Gasteiger partial charge in [-0.1, -0.05) is 6.07 Å². The van der Waals surface area contributed by atoms with Crippen molar-refractivity contribution >= 4 is 0 Å². The van der Waals surface area contributed by atoms with E-state index in [9.17, 15) is 0 Å². The van der Waals surface area contributed by atoms with Crippen LogP contribution in [0, 0.1) is 0 Å². The van der Waals surface area contributed by atoms with Crippen molar-refractivity contribution < 1.29 is 0 Å². The number of pyridine rings is 1. The third-order valence-electron chi connectivity index (χ3n) is 5.16. The van der Waals surface area contributed by atoms with E-state index in [0.29, 0.717) is 12.1 Å². The lowest BCUT2D eigenvalue weighted by molar-refractivity contribution is 0.156. The van der Waals surface area contributed by atoms with Gasteiger partial charge in [-0.05, 0) is 70.7 Å². The number of hydrogen-bond acceptors (Lipinski definition) is 4. The minimum Gasteiger partial charge on any atom is -0.331 e. The highest BCUT2D eigenvalue weighted by molar-refractivity contribution is 5.25. The second kappa shape index (κ2) is 8.59. The molecule has 0 amide bonds. The molecule has 1 atom stereocenters. The Morgan fingerprint density at radius 1 is 1.28 bits per heavy atom. The zero-order valence-electron chi connectivity index (χ0n) is 15.6. The lowest BCUT2D eigenvalue weighted by Gasteiger charge is -2.35. The van der Waals surface area contributed by atoms with Gasteiger partial charge in [-0.3, -0.25) is 9.88 Å². The fourth-order valence-electron chi connectivity index (χ4n) is 3.86. The van der Waals surface area contributed by atoms with Gasteiger partial charge in [0.25, 0.3) is 0 Å². The van der Waals surface area contributed by atoms with Crippen LogP contribution < -0.4 is 5.73 Å². The van der Waals surface area contributed by atoms with E-state index in [0.717, 1.165) is 44.7 Å². The maximum absolute atomic E-state index is 5.72. The summed E-state index contributed by atoms with van der Waals surface area (Å²) in [6.45, 7) is 7.09. The van der Waals surface area contributed by atoms with Gasteiger partial charge in [-0.25, -0.2) is 4.98 Å². The van der Waals surface area contributed by atoms with Crippen LogP contribution in [0.3, 0.4) is 0 Å². The van der Waals surface area contributed by atoms with E-state index in [1.54, 1.807) is 0 Å². The van der Waals surface area contributed by atoms with Gasteiger partial charge in [-0.2, -0.15) is 0 Å². The predicted molar refractivity (Wildman–Crippen MR) is 101 cm³/mol. The van der Waals surface area contributed by atoms with Crippen molar-refractivity contribution in [3.63, 3.8) is 0 Å². The predicted octanol–water partition coefficient (Wildman–Crippen LogP) is 3.48. The molecular formula is C20H31N5. The average Bonchev–Trinajstić information content (AvgIpc) is 3.09. The molecule has 25 heavy (non-hydrogen) atoms. The van der Waals surface area contributed by atoms with E-state index in [2.05, 4.69) is 46.6 Å². The molecule has 5 nitrogen and oxygen atoms in total. The molecule has 136 valence electrons. The number of aryl methyl sites for hydroxylation is 1. The molecule has 1 aliphatic rings. The number of unbranched alkanes of at least 4 members (excludes halogenated alkanes) is 1. The first kappa shape index (κ1) is 18.1. The fourth-order valence-corrected chi connectivity index (χ4v) is 3.86. The van der Waals surface area contributed by atoms with Crippen molar-refractivity contribution in [3.8, 4) is 0 Å². The molecule has 0 fully saturated rings. The first-order valence-electron chi connectivity index (χ1n) is 9.60. The minimum absolute atomic E-state index is 0.389. The van der Waals surface area contributed by atoms with Gasteiger partial charge in [0.05, 0.1) is 18.3 Å². The van der Waals surface area contributed by atoms with Gasteiger partial charge < -0.3 is 10.3 Å². The van der Waals surface area contributed by atoms with E-state index in [1.165, 1.54) is 24.1 Å². The van der Waals surface area contributed by atoms with E-state index in [-0.39, 0.29) is 0 Å². The summed E-state index contributed by atoms with van der Waals surface area (Å²) in [7, 11) is 0. The minimum atomic E-state index is 0.389. The topological polar surface area (TPSA) is 60.0 Å². The van der Waals surface area contributed by atoms with Gasteiger partial charge in [0.15, 0.2) is 0 Å². The van der Waals surface area contributed by atoms with Gasteiger partial charge in [0, 0.05) is 24.6 Å². The first-order valence-corrected chi connectivity index (χ1v) is 9.60. The summed E-state index contributed by atoms with van der Waals surface area (Å²) >= 11 is 0. The van der Waals surface area contributed by atoms with Gasteiger partial charge in [0.1, 0.15) is 5.82 Å². The third-order valence-corrected chi connectivity index (χ3v) is 5.16. The molecule has 0 saturated heterocycles. The SMILES string of the molecule is CC(C)n1ccnc1CN(CCCCN)[C@@H]1CCCc2cccnc21. The summed E-state index contributed by atoms with van der Waals surface area (Å²) in [5.41, 5.74) is 8.40. The highest BCUT2D eigenvalue weighted by atomic mass is 15.2. The molecule has 1 aliphatic carbocycles. The maximum Gasteiger partial charge on any atom is 0.123 e. The van der Waals surface area contributed by atoms with Crippen LogP contribution >= 0.6 is 0 Å². The summed E-state index contributed by atoms with van der Waals surface area (Å²) in [6.07, 6.45) is 11.7. The van der Waals surface area contributed by atoms with Crippen LogP contribution in [0.4, 0.5) is 0 Å². The Balaban J connectivity index is 1.84. The zero-order valence-corrected chi connectivity index (χ0v) is 15.6. The Kier molecular flexibility index (Phi) is 6.21. The summed E-state index contributed by atoms with van der Waals surface area (Å²) in [5, 5.41) is 0. The van der Waals surface area contributed by atoms with Gasteiger partial charge >= 0.3 is 0 Å². The van der Waals surface area contributed by atoms with Crippen LogP contribution in [0.25, 0.3) is 0 Å². The molecule has 0 saturated carbocycles. The molecule has 0 unspecified atom stereocenters. The lowest BCUT2D eigenvalue weighted by atomic mass is 9.90. The largest absolute Gasteiger partial charge is 0.331 e. The molecule has 0 radical (unpaired) electrons. The average molecular weight is 342 g/mol. The number of rotatable bonds is 8.